The van der Waals surface area contributed by atoms with E-state index in [0.717, 1.165) is 11.3 Å². The van der Waals surface area contributed by atoms with Gasteiger partial charge in [0.05, 0.1) is 31.9 Å². The van der Waals surface area contributed by atoms with E-state index in [0.29, 0.717) is 39.0 Å². The predicted octanol–water partition coefficient (Wildman–Crippen LogP) is 4.10. The van der Waals surface area contributed by atoms with Gasteiger partial charge in [0.1, 0.15) is 0 Å². The molecule has 0 bridgehead atoms. The Labute approximate surface area is 172 Å². The number of hydrogen-bond donors (Lipinski definition) is 0. The number of nitrogens with zero attached hydrogens (tertiary/aromatic N) is 3. The Morgan fingerprint density at radius 2 is 1.86 bits per heavy atom. The minimum Gasteiger partial charge on any atom is -0.493 e. The highest BCUT2D eigenvalue weighted by atomic mass is 32.2. The SMILES string of the molecule is CCN1C(=O)/C(=C/c2cc(OC)c(OC)c(OC)c2)S/C1=N/c1nc(C)cs1. The van der Waals surface area contributed by atoms with Crippen LogP contribution in [0.25, 0.3) is 6.08 Å². The third-order valence-electron chi connectivity index (χ3n) is 3.99. The van der Waals surface area contributed by atoms with E-state index in [1.807, 2.05) is 19.2 Å². The first-order chi connectivity index (χ1) is 13.5. The van der Waals surface area contributed by atoms with Gasteiger partial charge >= 0.3 is 0 Å². The van der Waals surface area contributed by atoms with Crippen molar-refractivity contribution < 1.29 is 19.0 Å². The second kappa shape index (κ2) is 8.66. The predicted molar refractivity (Wildman–Crippen MR) is 113 cm³/mol. The monoisotopic (exact) mass is 419 g/mol. The number of benzene rings is 1. The lowest BCUT2D eigenvalue weighted by atomic mass is 10.1. The van der Waals surface area contributed by atoms with E-state index in [1.165, 1.54) is 23.1 Å². The summed E-state index contributed by atoms with van der Waals surface area (Å²) >= 11 is 2.78. The molecule has 0 N–H and O–H groups in total. The maximum atomic E-state index is 12.8. The zero-order chi connectivity index (χ0) is 20.3. The van der Waals surface area contributed by atoms with Crippen molar-refractivity contribution in [2.75, 3.05) is 27.9 Å². The summed E-state index contributed by atoms with van der Waals surface area (Å²) in [5, 5.41) is 3.20. The van der Waals surface area contributed by atoms with Crippen LogP contribution >= 0.6 is 23.1 Å². The van der Waals surface area contributed by atoms with Crippen LogP contribution in [0.15, 0.2) is 27.4 Å². The highest BCUT2D eigenvalue weighted by Gasteiger charge is 2.32. The average molecular weight is 420 g/mol. The van der Waals surface area contributed by atoms with Gasteiger partial charge in [-0.25, -0.2) is 4.98 Å². The number of ether oxygens (including phenoxy) is 3. The number of aryl methyl sites for hydroxylation is 1. The topological polar surface area (TPSA) is 73.2 Å². The molecule has 1 aromatic carbocycles. The highest BCUT2D eigenvalue weighted by Crippen LogP contribution is 2.40. The molecule has 28 heavy (non-hydrogen) atoms. The van der Waals surface area contributed by atoms with E-state index >= 15 is 0 Å². The maximum Gasteiger partial charge on any atom is 0.266 e. The number of thioether (sulfide) groups is 1. The van der Waals surface area contributed by atoms with Gasteiger partial charge in [-0.2, -0.15) is 4.99 Å². The summed E-state index contributed by atoms with van der Waals surface area (Å²) in [4.78, 5) is 24.0. The van der Waals surface area contributed by atoms with E-state index in [9.17, 15) is 4.79 Å². The third-order valence-corrected chi connectivity index (χ3v) is 5.85. The summed E-state index contributed by atoms with van der Waals surface area (Å²) in [5.74, 6) is 1.48. The van der Waals surface area contributed by atoms with Crippen LogP contribution in [-0.4, -0.2) is 48.8 Å². The van der Waals surface area contributed by atoms with Crippen molar-refractivity contribution in [1.29, 1.82) is 0 Å². The Morgan fingerprint density at radius 3 is 2.36 bits per heavy atom. The van der Waals surface area contributed by atoms with Gasteiger partial charge in [-0.1, -0.05) is 0 Å². The third kappa shape index (κ3) is 4.00. The van der Waals surface area contributed by atoms with Crippen LogP contribution in [0.3, 0.4) is 0 Å². The Morgan fingerprint density at radius 1 is 1.18 bits per heavy atom. The van der Waals surface area contributed by atoms with Crippen molar-refractivity contribution in [3.8, 4) is 17.2 Å². The van der Waals surface area contributed by atoms with Crippen LogP contribution < -0.4 is 14.2 Å². The summed E-state index contributed by atoms with van der Waals surface area (Å²) in [6.45, 7) is 4.37. The van der Waals surface area contributed by atoms with Crippen molar-refractivity contribution >= 4 is 45.4 Å². The molecular weight excluding hydrogens is 398 g/mol. The minimum absolute atomic E-state index is 0.0896. The molecule has 1 amide bonds. The van der Waals surface area contributed by atoms with E-state index < -0.39 is 0 Å². The molecule has 1 saturated heterocycles. The van der Waals surface area contributed by atoms with E-state index in [4.69, 9.17) is 14.2 Å². The van der Waals surface area contributed by atoms with Gasteiger partial charge in [0.2, 0.25) is 10.9 Å². The number of thiazole rings is 1. The lowest BCUT2D eigenvalue weighted by Crippen LogP contribution is -2.28. The molecule has 148 valence electrons. The average Bonchev–Trinajstić information content (AvgIpc) is 3.23. The second-order valence-electron chi connectivity index (χ2n) is 5.78. The van der Waals surface area contributed by atoms with Crippen LogP contribution in [0, 0.1) is 6.92 Å². The molecule has 1 aliphatic heterocycles. The molecule has 1 aromatic heterocycles. The fourth-order valence-electron chi connectivity index (χ4n) is 2.68. The van der Waals surface area contributed by atoms with Crippen molar-refractivity contribution in [3.05, 3.63) is 33.7 Å². The summed E-state index contributed by atoms with van der Waals surface area (Å²) in [6.07, 6.45) is 1.80. The first-order valence-electron chi connectivity index (χ1n) is 8.53. The maximum absolute atomic E-state index is 12.8. The number of aliphatic imine (C=N–C) groups is 1. The summed E-state index contributed by atoms with van der Waals surface area (Å²) < 4.78 is 16.1. The number of amides is 1. The highest BCUT2D eigenvalue weighted by molar-refractivity contribution is 8.18. The largest absolute Gasteiger partial charge is 0.493 e. The molecule has 7 nitrogen and oxygen atoms in total. The van der Waals surface area contributed by atoms with Gasteiger partial charge < -0.3 is 14.2 Å². The molecule has 0 spiro atoms. The van der Waals surface area contributed by atoms with Crippen molar-refractivity contribution in [3.63, 3.8) is 0 Å². The molecular formula is C19H21N3O4S2. The summed E-state index contributed by atoms with van der Waals surface area (Å²) in [6, 6.07) is 3.61. The quantitative estimate of drug-likeness (QED) is 0.657. The fourth-order valence-corrected chi connectivity index (χ4v) is 4.45. The standard InChI is InChI=1S/C19H21N3O4S2/c1-6-22-17(23)15(28-19(22)21-18-20-11(2)10-27-18)9-12-7-13(24-3)16(26-5)14(8-12)25-4/h7-10H,6H2,1-5H3/b15-9-,21-19+. The van der Waals surface area contributed by atoms with Crippen molar-refractivity contribution in [2.45, 2.75) is 13.8 Å². The van der Waals surface area contributed by atoms with Gasteiger partial charge in [-0.15, -0.1) is 11.3 Å². The van der Waals surface area contributed by atoms with Crippen LogP contribution in [0.1, 0.15) is 18.2 Å². The van der Waals surface area contributed by atoms with Crippen LogP contribution in [-0.2, 0) is 4.79 Å². The molecule has 9 heteroatoms. The number of likely N-dealkylation sites (N-methyl/N-ethyl adjacent to an activating group) is 1. The minimum atomic E-state index is -0.0896. The summed E-state index contributed by atoms with van der Waals surface area (Å²) in [7, 11) is 4.67. The Bertz CT molecular complexity index is 927. The Balaban J connectivity index is 1.98. The first kappa shape index (κ1) is 20.2. The van der Waals surface area contributed by atoms with Gasteiger partial charge in [-0.05, 0) is 49.4 Å². The molecule has 2 heterocycles. The summed E-state index contributed by atoms with van der Waals surface area (Å²) in [5.41, 5.74) is 1.68. The molecule has 3 rings (SSSR count). The zero-order valence-corrected chi connectivity index (χ0v) is 17.9. The van der Waals surface area contributed by atoms with E-state index in [-0.39, 0.29) is 5.91 Å². The number of hydrogen-bond acceptors (Lipinski definition) is 8. The van der Waals surface area contributed by atoms with Gasteiger partial charge in [-0.3, -0.25) is 9.69 Å². The van der Waals surface area contributed by atoms with Crippen molar-refractivity contribution in [2.24, 2.45) is 4.99 Å². The molecule has 0 aliphatic carbocycles. The second-order valence-corrected chi connectivity index (χ2v) is 7.63. The molecule has 1 fully saturated rings. The lowest BCUT2D eigenvalue weighted by molar-refractivity contribution is -0.122. The molecule has 1 aliphatic rings. The van der Waals surface area contributed by atoms with Crippen molar-refractivity contribution in [1.82, 2.24) is 9.88 Å². The first-order valence-corrected chi connectivity index (χ1v) is 10.2. The van der Waals surface area contributed by atoms with Gasteiger partial charge in [0.25, 0.3) is 5.91 Å². The zero-order valence-electron chi connectivity index (χ0n) is 16.3. The number of carbonyl (C=O) groups is 1. The molecule has 0 atom stereocenters. The lowest BCUT2D eigenvalue weighted by Gasteiger charge is -2.13. The van der Waals surface area contributed by atoms with E-state index in [2.05, 4.69) is 9.98 Å². The Hall–Kier alpha value is -2.52. The van der Waals surface area contributed by atoms with Crippen LogP contribution in [0.5, 0.6) is 17.2 Å². The number of carbonyl (C=O) groups excluding carboxylic acids is 1. The Kier molecular flexibility index (Phi) is 6.25. The van der Waals surface area contributed by atoms with Crippen LogP contribution in [0.2, 0.25) is 0 Å². The molecule has 2 aromatic rings. The number of rotatable bonds is 6. The van der Waals surface area contributed by atoms with Gasteiger partial charge in [0, 0.05) is 11.9 Å². The normalized spacial score (nSPS) is 16.9. The fraction of sp³-hybridized carbons (Fsp3) is 0.316. The molecule has 0 radical (unpaired) electrons. The number of methoxy groups -OCH3 is 3. The van der Waals surface area contributed by atoms with Gasteiger partial charge in [0.15, 0.2) is 16.7 Å². The molecule has 0 saturated carbocycles. The van der Waals surface area contributed by atoms with Crippen LogP contribution in [0.4, 0.5) is 5.13 Å². The molecule has 0 unspecified atom stereocenters. The smallest absolute Gasteiger partial charge is 0.266 e. The van der Waals surface area contributed by atoms with E-state index in [1.54, 1.807) is 44.4 Å². The number of amidine groups is 1. The number of aromatic nitrogens is 1.